The summed E-state index contributed by atoms with van der Waals surface area (Å²) in [5.74, 6) is 0.837. The molecule has 0 spiro atoms. The first-order valence-electron chi connectivity index (χ1n) is 11.3. The van der Waals surface area contributed by atoms with Gasteiger partial charge < -0.3 is 10.2 Å². The van der Waals surface area contributed by atoms with Crippen LogP contribution in [-0.4, -0.2) is 54.5 Å². The summed E-state index contributed by atoms with van der Waals surface area (Å²) in [6, 6.07) is 16.5. The standard InChI is InChI=1S/C25H31Cl2N3O/c1-18-17-29(14-15-30(18)24(31)16-19-10-12-28-13-11-19)25(20-2-6-22(26)7-3-20)21-4-8-23(27)9-5-21/h2-9,18-19,25,28H,10-17H2,1H3/t18-/m0/s1. The maximum atomic E-state index is 13.0. The zero-order valence-corrected chi connectivity index (χ0v) is 19.6. The van der Waals surface area contributed by atoms with Gasteiger partial charge in [0.25, 0.3) is 0 Å². The maximum absolute atomic E-state index is 13.0. The molecule has 2 saturated heterocycles. The van der Waals surface area contributed by atoms with Crippen LogP contribution in [0.1, 0.15) is 43.4 Å². The van der Waals surface area contributed by atoms with Gasteiger partial charge in [-0.1, -0.05) is 47.5 Å². The number of hydrogen-bond acceptors (Lipinski definition) is 3. The number of rotatable bonds is 5. The van der Waals surface area contributed by atoms with Crippen LogP contribution in [0.5, 0.6) is 0 Å². The van der Waals surface area contributed by atoms with Crippen molar-refractivity contribution in [3.05, 3.63) is 69.7 Å². The lowest BCUT2D eigenvalue weighted by Crippen LogP contribution is -2.55. The highest BCUT2D eigenvalue weighted by Crippen LogP contribution is 2.32. The summed E-state index contributed by atoms with van der Waals surface area (Å²) in [6.45, 7) is 6.69. The number of amides is 1. The molecule has 0 unspecified atom stereocenters. The van der Waals surface area contributed by atoms with Gasteiger partial charge in [0.15, 0.2) is 0 Å². The van der Waals surface area contributed by atoms with E-state index in [2.05, 4.69) is 46.3 Å². The monoisotopic (exact) mass is 459 g/mol. The Balaban J connectivity index is 1.49. The van der Waals surface area contributed by atoms with Gasteiger partial charge in [-0.15, -0.1) is 0 Å². The molecule has 2 aromatic carbocycles. The predicted octanol–water partition coefficient (Wildman–Crippen LogP) is 5.01. The number of carbonyl (C=O) groups is 1. The van der Waals surface area contributed by atoms with Crippen molar-refractivity contribution in [2.75, 3.05) is 32.7 Å². The molecule has 1 amide bonds. The van der Waals surface area contributed by atoms with E-state index in [1.165, 1.54) is 11.1 Å². The van der Waals surface area contributed by atoms with Crippen LogP contribution >= 0.6 is 23.2 Å². The van der Waals surface area contributed by atoms with E-state index in [1.54, 1.807) is 0 Å². The molecule has 2 heterocycles. The fourth-order valence-electron chi connectivity index (χ4n) is 4.95. The van der Waals surface area contributed by atoms with Crippen molar-refractivity contribution in [3.8, 4) is 0 Å². The molecule has 1 N–H and O–H groups in total. The molecule has 0 aromatic heterocycles. The van der Waals surface area contributed by atoms with Crippen LogP contribution in [0.3, 0.4) is 0 Å². The molecule has 6 heteroatoms. The molecule has 166 valence electrons. The summed E-state index contributed by atoms with van der Waals surface area (Å²) in [4.78, 5) is 17.6. The normalized spacial score (nSPS) is 20.9. The molecular weight excluding hydrogens is 429 g/mol. The van der Waals surface area contributed by atoms with E-state index in [9.17, 15) is 4.79 Å². The lowest BCUT2D eigenvalue weighted by Gasteiger charge is -2.44. The number of carbonyl (C=O) groups excluding carboxylic acids is 1. The number of nitrogens with one attached hydrogen (secondary N) is 1. The second kappa shape index (κ2) is 10.4. The summed E-state index contributed by atoms with van der Waals surface area (Å²) in [6.07, 6.45) is 2.90. The van der Waals surface area contributed by atoms with Crippen molar-refractivity contribution in [1.82, 2.24) is 15.1 Å². The van der Waals surface area contributed by atoms with Gasteiger partial charge in [-0.25, -0.2) is 0 Å². The SMILES string of the molecule is C[C@H]1CN(C(c2ccc(Cl)cc2)c2ccc(Cl)cc2)CCN1C(=O)CC1CCNCC1. The molecule has 1 atom stereocenters. The molecule has 0 bridgehead atoms. The lowest BCUT2D eigenvalue weighted by molar-refractivity contribution is -0.137. The Kier molecular flexibility index (Phi) is 7.55. The number of halogens is 2. The molecule has 31 heavy (non-hydrogen) atoms. The molecule has 2 aliphatic rings. The highest BCUT2D eigenvalue weighted by atomic mass is 35.5. The predicted molar refractivity (Wildman–Crippen MR) is 128 cm³/mol. The van der Waals surface area contributed by atoms with Crippen LogP contribution in [0.25, 0.3) is 0 Å². The molecule has 0 aliphatic carbocycles. The van der Waals surface area contributed by atoms with Crippen molar-refractivity contribution in [2.24, 2.45) is 5.92 Å². The molecule has 2 aromatic rings. The smallest absolute Gasteiger partial charge is 0.223 e. The highest BCUT2D eigenvalue weighted by molar-refractivity contribution is 6.30. The van der Waals surface area contributed by atoms with Gasteiger partial charge in [-0.2, -0.15) is 0 Å². The van der Waals surface area contributed by atoms with Crippen LogP contribution in [0.4, 0.5) is 0 Å². The number of piperidine rings is 1. The Morgan fingerprint density at radius 2 is 1.52 bits per heavy atom. The first kappa shape index (κ1) is 22.6. The van der Waals surface area contributed by atoms with Crippen molar-refractivity contribution in [1.29, 1.82) is 0 Å². The Hall–Kier alpha value is -1.59. The summed E-state index contributed by atoms with van der Waals surface area (Å²) >= 11 is 12.3. The molecule has 0 radical (unpaired) electrons. The largest absolute Gasteiger partial charge is 0.337 e. The Labute approximate surface area is 195 Å². The fourth-order valence-corrected chi connectivity index (χ4v) is 5.20. The average molecular weight is 460 g/mol. The zero-order chi connectivity index (χ0) is 21.8. The van der Waals surface area contributed by atoms with Crippen molar-refractivity contribution in [3.63, 3.8) is 0 Å². The first-order valence-corrected chi connectivity index (χ1v) is 12.0. The topological polar surface area (TPSA) is 35.6 Å². The van der Waals surface area contributed by atoms with Gasteiger partial charge in [0.05, 0.1) is 6.04 Å². The molecule has 0 saturated carbocycles. The van der Waals surface area contributed by atoms with Crippen molar-refractivity contribution in [2.45, 2.75) is 38.3 Å². The van der Waals surface area contributed by atoms with E-state index < -0.39 is 0 Å². The van der Waals surface area contributed by atoms with E-state index in [1.807, 2.05) is 24.3 Å². The maximum Gasteiger partial charge on any atom is 0.223 e. The fraction of sp³-hybridized carbons (Fsp3) is 0.480. The number of benzene rings is 2. The van der Waals surface area contributed by atoms with Gasteiger partial charge in [0.1, 0.15) is 0 Å². The Bertz CT molecular complexity index is 820. The van der Waals surface area contributed by atoms with Crippen LogP contribution in [0.2, 0.25) is 10.0 Å². The third-order valence-electron chi connectivity index (χ3n) is 6.64. The second-order valence-electron chi connectivity index (χ2n) is 8.83. The van der Waals surface area contributed by atoms with E-state index in [0.717, 1.165) is 55.6 Å². The van der Waals surface area contributed by atoms with E-state index in [4.69, 9.17) is 23.2 Å². The minimum Gasteiger partial charge on any atom is -0.337 e. The summed E-state index contributed by atoms with van der Waals surface area (Å²) < 4.78 is 0. The lowest BCUT2D eigenvalue weighted by atomic mass is 9.93. The Morgan fingerprint density at radius 1 is 0.968 bits per heavy atom. The summed E-state index contributed by atoms with van der Waals surface area (Å²) in [5.41, 5.74) is 2.40. The average Bonchev–Trinajstić information content (AvgIpc) is 2.77. The summed E-state index contributed by atoms with van der Waals surface area (Å²) in [5, 5.41) is 4.86. The molecule has 2 aliphatic heterocycles. The molecule has 2 fully saturated rings. The summed E-state index contributed by atoms with van der Waals surface area (Å²) in [7, 11) is 0. The van der Waals surface area contributed by atoms with E-state index in [-0.39, 0.29) is 12.1 Å². The van der Waals surface area contributed by atoms with Gasteiger partial charge in [0.2, 0.25) is 5.91 Å². The van der Waals surface area contributed by atoms with Crippen LogP contribution < -0.4 is 5.32 Å². The second-order valence-corrected chi connectivity index (χ2v) is 9.71. The number of nitrogens with zero attached hydrogens (tertiary/aromatic N) is 2. The van der Waals surface area contributed by atoms with E-state index in [0.29, 0.717) is 18.2 Å². The van der Waals surface area contributed by atoms with Gasteiger partial charge in [-0.3, -0.25) is 9.69 Å². The van der Waals surface area contributed by atoms with Gasteiger partial charge >= 0.3 is 0 Å². The molecule has 4 rings (SSSR count). The zero-order valence-electron chi connectivity index (χ0n) is 18.1. The quantitative estimate of drug-likeness (QED) is 0.682. The molecule has 4 nitrogen and oxygen atoms in total. The third kappa shape index (κ3) is 5.61. The van der Waals surface area contributed by atoms with Crippen molar-refractivity contribution >= 4 is 29.1 Å². The number of piperazine rings is 1. The van der Waals surface area contributed by atoms with E-state index >= 15 is 0 Å². The highest BCUT2D eigenvalue weighted by Gasteiger charge is 2.33. The van der Waals surface area contributed by atoms with Crippen LogP contribution in [0, 0.1) is 5.92 Å². The number of hydrogen-bond donors (Lipinski definition) is 1. The Morgan fingerprint density at radius 3 is 2.03 bits per heavy atom. The minimum absolute atomic E-state index is 0.110. The van der Waals surface area contributed by atoms with Crippen molar-refractivity contribution < 1.29 is 4.79 Å². The first-order chi connectivity index (χ1) is 15.0. The van der Waals surface area contributed by atoms with Crippen LogP contribution in [-0.2, 0) is 4.79 Å². The third-order valence-corrected chi connectivity index (χ3v) is 7.14. The minimum atomic E-state index is 0.110. The van der Waals surface area contributed by atoms with Gasteiger partial charge in [-0.05, 0) is 74.2 Å². The van der Waals surface area contributed by atoms with Gasteiger partial charge in [0, 0.05) is 42.1 Å². The van der Waals surface area contributed by atoms with Crippen LogP contribution in [0.15, 0.2) is 48.5 Å². The molecular formula is C25H31Cl2N3O.